The standard InChI is InChI=1S/C54H61N21O24/c1-22(76)85-38-30(65-72-58)17-31(66-73-59)39(97-51-36(67-74-60)44(88-25(4)79)40(86-23(2)77)32(91-51)18-62-69-55)46(38)99-54-48(90-27(6)81)43(98-52-37(68-75-61)45(89-26(5)80)41(87-24(3)78)33(92-52)19-63-70-56)35(94-54)21-84-53-47(96-50(83)29-15-11-8-12-16-29)42(34(93-53)20-64-71-57)95-49(82)28-13-9-7-10-14-28/h7-16,30-48,51-54H,17-21H2,1-6H3/t30-,31?,32?,33+,34-,35-,36?,37?,38?,39+,40+,41-,42+,43+,44-,45?,46-,47?,48?,51+,52-,53-,54+/m1/s1. The van der Waals surface area contributed by atoms with Crippen LogP contribution < -0.4 is 0 Å². The van der Waals surface area contributed by atoms with Crippen LogP contribution >= 0.6 is 0 Å². The Labute approximate surface area is 556 Å². The Morgan fingerprint density at radius 1 is 0.364 bits per heavy atom. The fraction of sp³-hybridized carbons (Fsp3) is 0.630. The molecule has 0 amide bonds. The Bertz CT molecular complexity index is 3620. The molecule has 2 aromatic carbocycles. The summed E-state index contributed by atoms with van der Waals surface area (Å²) in [5.74, 6) is -8.39. The fourth-order valence-electron chi connectivity index (χ4n) is 11.3. The van der Waals surface area contributed by atoms with Gasteiger partial charge in [-0.1, -0.05) is 72.2 Å². The lowest BCUT2D eigenvalue weighted by Crippen LogP contribution is -2.65. The van der Waals surface area contributed by atoms with Crippen LogP contribution in [0.3, 0.4) is 0 Å². The summed E-state index contributed by atoms with van der Waals surface area (Å²) >= 11 is 0. The summed E-state index contributed by atoms with van der Waals surface area (Å²) in [6.45, 7) is 2.60. The van der Waals surface area contributed by atoms with Crippen molar-refractivity contribution in [2.45, 2.75) is 189 Å². The molecule has 0 aromatic heterocycles. The normalized spacial score (nSPS) is 31.9. The number of hydrogen-bond acceptors (Lipinski definition) is 31. The Hall–Kier alpha value is -10.9. The highest BCUT2D eigenvalue weighted by Crippen LogP contribution is 2.42. The van der Waals surface area contributed by atoms with Gasteiger partial charge in [-0.15, -0.1) is 0 Å². The van der Waals surface area contributed by atoms with Crippen molar-refractivity contribution in [2.24, 2.45) is 35.8 Å². The first-order valence-corrected chi connectivity index (χ1v) is 29.5. The molecule has 1 aliphatic carbocycles. The van der Waals surface area contributed by atoms with E-state index in [9.17, 15) is 77.1 Å². The molecule has 45 heteroatoms. The lowest BCUT2D eigenvalue weighted by Gasteiger charge is -2.48. The largest absolute Gasteiger partial charge is 0.459 e. The van der Waals surface area contributed by atoms with Crippen LogP contribution in [0.5, 0.6) is 0 Å². The molecule has 5 fully saturated rings. The van der Waals surface area contributed by atoms with Gasteiger partial charge in [-0.05, 0) is 69.4 Å². The summed E-state index contributed by atoms with van der Waals surface area (Å²) in [4.78, 5) is 126. The summed E-state index contributed by atoms with van der Waals surface area (Å²) in [5, 5.41) is 25.8. The second kappa shape index (κ2) is 36.4. The number of carbonyl (C=O) groups is 8. The minimum Gasteiger partial charge on any atom is -0.459 e. The Morgan fingerprint density at radius 3 is 1.11 bits per heavy atom. The number of rotatable bonds is 29. The molecule has 2 aromatic rings. The molecule has 0 bridgehead atoms. The van der Waals surface area contributed by atoms with Crippen molar-refractivity contribution in [1.82, 2.24) is 0 Å². The van der Waals surface area contributed by atoms with Crippen LogP contribution in [-0.4, -0.2) is 215 Å². The zero-order valence-electron chi connectivity index (χ0n) is 52.8. The van der Waals surface area contributed by atoms with E-state index < -0.39 is 221 Å². The van der Waals surface area contributed by atoms with E-state index in [1.54, 1.807) is 12.1 Å². The quantitative estimate of drug-likeness (QED) is 0.0290. The van der Waals surface area contributed by atoms with Crippen molar-refractivity contribution in [3.63, 3.8) is 0 Å². The lowest BCUT2D eigenvalue weighted by atomic mass is 9.83. The number of nitrogens with zero attached hydrogens (tertiary/aromatic N) is 21. The van der Waals surface area contributed by atoms with Crippen LogP contribution in [-0.2, 0) is 105 Å². The molecular formula is C54H61N21O24. The Morgan fingerprint density at radius 2 is 0.697 bits per heavy atom. The number of carbonyl (C=O) groups excluding carboxylic acids is 8. The molecule has 0 spiro atoms. The van der Waals surface area contributed by atoms with E-state index in [0.29, 0.717) is 0 Å². The van der Waals surface area contributed by atoms with Crippen LogP contribution in [0.4, 0.5) is 0 Å². The minimum absolute atomic E-state index is 0.00797. The Kier molecular flexibility index (Phi) is 27.7. The average Bonchev–Trinajstić information content (AvgIpc) is 1.69. The molecule has 4 saturated heterocycles. The van der Waals surface area contributed by atoms with Crippen LogP contribution in [0.2, 0.25) is 0 Å². The number of ether oxygens (including phenoxy) is 16. The van der Waals surface area contributed by atoms with E-state index >= 15 is 0 Å². The van der Waals surface area contributed by atoms with Crippen molar-refractivity contribution < 1.29 is 114 Å². The predicted molar refractivity (Wildman–Crippen MR) is 318 cm³/mol. The molecular weight excluding hydrogens is 1330 g/mol. The van der Waals surface area contributed by atoms with Crippen LogP contribution in [0.1, 0.15) is 68.7 Å². The number of azide groups is 7. The molecule has 5 aliphatic rings. The van der Waals surface area contributed by atoms with Gasteiger partial charge in [0.05, 0.1) is 55.6 Å². The first kappa shape index (κ1) is 75.4. The van der Waals surface area contributed by atoms with E-state index in [1.807, 2.05) is 0 Å². The first-order valence-electron chi connectivity index (χ1n) is 29.5. The number of benzene rings is 2. The van der Waals surface area contributed by atoms with Crippen molar-refractivity contribution in [2.75, 3.05) is 26.2 Å². The van der Waals surface area contributed by atoms with E-state index in [4.69, 9.17) is 75.8 Å². The zero-order valence-corrected chi connectivity index (χ0v) is 52.8. The second-order valence-electron chi connectivity index (χ2n) is 21.6. The molecule has 4 aliphatic heterocycles. The molecule has 4 heterocycles. The van der Waals surface area contributed by atoms with E-state index in [0.717, 1.165) is 41.5 Å². The maximum atomic E-state index is 14.0. The molecule has 526 valence electrons. The highest BCUT2D eigenvalue weighted by Gasteiger charge is 2.60. The summed E-state index contributed by atoms with van der Waals surface area (Å²) in [5.41, 5.74) is 68.6. The van der Waals surface area contributed by atoms with Crippen molar-refractivity contribution in [3.8, 4) is 0 Å². The van der Waals surface area contributed by atoms with Gasteiger partial charge in [-0.25, -0.2) is 9.59 Å². The van der Waals surface area contributed by atoms with E-state index in [1.165, 1.54) is 48.5 Å². The van der Waals surface area contributed by atoms with Crippen LogP contribution in [0.25, 0.3) is 73.1 Å². The van der Waals surface area contributed by atoms with Gasteiger partial charge in [0.1, 0.15) is 54.8 Å². The summed E-state index contributed by atoms with van der Waals surface area (Å²) in [6.07, 6.45) is -36.4. The van der Waals surface area contributed by atoms with Crippen LogP contribution in [0.15, 0.2) is 96.5 Å². The number of esters is 8. The molecule has 45 nitrogen and oxygen atoms in total. The molecule has 7 rings (SSSR count). The summed E-state index contributed by atoms with van der Waals surface area (Å²) < 4.78 is 97.3. The zero-order chi connectivity index (χ0) is 71.9. The lowest BCUT2D eigenvalue weighted by molar-refractivity contribution is -0.309. The van der Waals surface area contributed by atoms with Gasteiger partial charge in [0.2, 0.25) is 0 Å². The highest BCUT2D eigenvalue weighted by atomic mass is 16.8. The fourth-order valence-corrected chi connectivity index (χ4v) is 11.3. The molecule has 23 atom stereocenters. The highest BCUT2D eigenvalue weighted by molar-refractivity contribution is 5.90. The second-order valence-corrected chi connectivity index (χ2v) is 21.6. The molecule has 8 unspecified atom stereocenters. The molecule has 1 saturated carbocycles. The molecule has 0 radical (unpaired) electrons. The van der Waals surface area contributed by atoms with Gasteiger partial charge in [0.15, 0.2) is 67.9 Å². The average molecular weight is 1390 g/mol. The first-order chi connectivity index (χ1) is 47.6. The minimum atomic E-state index is -2.25. The third kappa shape index (κ3) is 19.9. The topological polar surface area (TPSA) is 626 Å². The smallest absolute Gasteiger partial charge is 0.338 e. The maximum Gasteiger partial charge on any atom is 0.338 e. The Balaban J connectivity index is 1.42. The maximum absolute atomic E-state index is 14.0. The summed E-state index contributed by atoms with van der Waals surface area (Å²) in [7, 11) is 0. The van der Waals surface area contributed by atoms with Crippen molar-refractivity contribution in [3.05, 3.63) is 145 Å². The monoisotopic (exact) mass is 1390 g/mol. The van der Waals surface area contributed by atoms with Gasteiger partial charge in [-0.2, -0.15) is 0 Å². The van der Waals surface area contributed by atoms with Crippen LogP contribution in [0, 0.1) is 0 Å². The number of hydrogen-bond donors (Lipinski definition) is 0. The predicted octanol–water partition coefficient (Wildman–Crippen LogP) is 6.15. The van der Waals surface area contributed by atoms with E-state index in [2.05, 4.69) is 70.2 Å². The molecule has 99 heavy (non-hydrogen) atoms. The van der Waals surface area contributed by atoms with Gasteiger partial charge in [0.25, 0.3) is 0 Å². The summed E-state index contributed by atoms with van der Waals surface area (Å²) in [6, 6.07) is 7.69. The van der Waals surface area contributed by atoms with E-state index in [-0.39, 0.29) is 11.1 Å². The van der Waals surface area contributed by atoms with Gasteiger partial charge >= 0.3 is 47.8 Å². The van der Waals surface area contributed by atoms with Gasteiger partial charge in [-0.3, -0.25) is 28.8 Å². The van der Waals surface area contributed by atoms with Crippen molar-refractivity contribution >= 4 is 47.8 Å². The SMILES string of the molecule is CC(=O)OC1[C@H](O[C@@H]2C(OC(C)=O)[C@H](N=[N+]=[N-])CC(N=[N+]=[N-])[C@@H]2O[C@@H]2OC(CN=[N+]=[N-])[C@H](OC(C)=O)[C@H](OC(C)=O)C2N=[N+]=[N-])O[C@H](CO[C@@H]2O[C@H](CN=[N+]=[N-])[C@H](OC(=O)c3ccccc3)C2OC(=O)c2ccccc2)[C@@H]1O[C@H]1O[C@@H](CN=[N+]=[N-])[C@@H](OC(C)=O)C(OC(C)=O)C1N=[N+]=[N-]. The third-order valence-electron chi connectivity index (χ3n) is 15.0. The van der Waals surface area contributed by atoms with Crippen molar-refractivity contribution in [1.29, 1.82) is 0 Å². The third-order valence-corrected chi connectivity index (χ3v) is 15.0. The molecule has 0 N–H and O–H groups in total. The van der Waals surface area contributed by atoms with Gasteiger partial charge < -0.3 is 75.8 Å². The van der Waals surface area contributed by atoms with Gasteiger partial charge in [0, 0.05) is 75.9 Å².